The second-order valence-corrected chi connectivity index (χ2v) is 2.67. The monoisotopic (exact) mass is 182 g/mol. The molecule has 5 heteroatoms. The van der Waals surface area contributed by atoms with Crippen LogP contribution in [0.15, 0.2) is 16.9 Å². The van der Waals surface area contributed by atoms with Crippen molar-refractivity contribution in [2.24, 2.45) is 7.05 Å². The maximum absolute atomic E-state index is 11.1. The summed E-state index contributed by atoms with van der Waals surface area (Å²) in [5, 5.41) is 10.5. The van der Waals surface area contributed by atoms with Crippen molar-refractivity contribution in [3.8, 4) is 0 Å². The van der Waals surface area contributed by atoms with Gasteiger partial charge in [-0.25, -0.2) is 0 Å². The molecule has 5 nitrogen and oxygen atoms in total. The summed E-state index contributed by atoms with van der Waals surface area (Å²) in [4.78, 5) is 21.2. The first kappa shape index (κ1) is 9.44. The van der Waals surface area contributed by atoms with Gasteiger partial charge in [0.05, 0.1) is 10.6 Å². The number of hydrogen-bond acceptors (Lipinski definition) is 3. The van der Waals surface area contributed by atoms with E-state index in [2.05, 4.69) is 0 Å². The van der Waals surface area contributed by atoms with E-state index in [1.54, 1.807) is 6.92 Å². The summed E-state index contributed by atoms with van der Waals surface area (Å²) in [7, 11) is 1.54. The van der Waals surface area contributed by atoms with E-state index >= 15 is 0 Å². The molecule has 1 rings (SSSR count). The second-order valence-electron chi connectivity index (χ2n) is 2.67. The molecule has 1 aromatic rings. The lowest BCUT2D eigenvalue weighted by Crippen LogP contribution is -2.20. The Morgan fingerprint density at radius 1 is 1.54 bits per heavy atom. The molecule has 0 amide bonds. The van der Waals surface area contributed by atoms with Gasteiger partial charge in [0.25, 0.3) is 11.2 Å². The predicted molar refractivity (Wildman–Crippen MR) is 47.7 cm³/mol. The van der Waals surface area contributed by atoms with Crippen LogP contribution in [0.1, 0.15) is 12.6 Å². The van der Waals surface area contributed by atoms with Gasteiger partial charge >= 0.3 is 0 Å². The molecule has 70 valence electrons. The zero-order valence-electron chi connectivity index (χ0n) is 7.48. The van der Waals surface area contributed by atoms with Crippen molar-refractivity contribution in [2.75, 3.05) is 0 Å². The minimum Gasteiger partial charge on any atom is -0.309 e. The molecule has 0 N–H and O–H groups in total. The molecule has 0 spiro atoms. The van der Waals surface area contributed by atoms with Crippen molar-refractivity contribution in [1.82, 2.24) is 4.57 Å². The van der Waals surface area contributed by atoms with Crippen LogP contribution in [0.3, 0.4) is 0 Å². The van der Waals surface area contributed by atoms with Gasteiger partial charge in [-0.1, -0.05) is 6.92 Å². The lowest BCUT2D eigenvalue weighted by molar-refractivity contribution is -0.386. The average Bonchev–Trinajstić information content (AvgIpc) is 2.09. The molecule has 0 aliphatic rings. The molecule has 0 fully saturated rings. The fourth-order valence-electron chi connectivity index (χ4n) is 1.25. The Morgan fingerprint density at radius 3 is 2.62 bits per heavy atom. The molecule has 1 heterocycles. The highest BCUT2D eigenvalue weighted by molar-refractivity contribution is 5.35. The van der Waals surface area contributed by atoms with Gasteiger partial charge in [-0.3, -0.25) is 14.9 Å². The highest BCUT2D eigenvalue weighted by Crippen LogP contribution is 2.15. The highest BCUT2D eigenvalue weighted by Gasteiger charge is 2.14. The lowest BCUT2D eigenvalue weighted by Gasteiger charge is -2.04. The van der Waals surface area contributed by atoms with Crippen LogP contribution in [0.4, 0.5) is 5.69 Å². The minimum absolute atomic E-state index is 0.00426. The lowest BCUT2D eigenvalue weighted by atomic mass is 10.2. The van der Waals surface area contributed by atoms with Crippen molar-refractivity contribution >= 4 is 5.69 Å². The summed E-state index contributed by atoms with van der Waals surface area (Å²) in [5.74, 6) is 0. The van der Waals surface area contributed by atoms with E-state index in [1.807, 2.05) is 0 Å². The van der Waals surface area contributed by atoms with Crippen LogP contribution in [0.5, 0.6) is 0 Å². The maximum atomic E-state index is 11.1. The molecule has 13 heavy (non-hydrogen) atoms. The fourth-order valence-corrected chi connectivity index (χ4v) is 1.25. The van der Waals surface area contributed by atoms with Gasteiger partial charge in [-0.05, 0) is 6.42 Å². The maximum Gasteiger partial charge on any atom is 0.288 e. The summed E-state index contributed by atoms with van der Waals surface area (Å²) in [6.45, 7) is 1.78. The van der Waals surface area contributed by atoms with Crippen LogP contribution in [-0.4, -0.2) is 9.49 Å². The summed E-state index contributed by atoms with van der Waals surface area (Å²) in [6.07, 6.45) is 0.475. The summed E-state index contributed by atoms with van der Waals surface area (Å²) >= 11 is 0. The Bertz CT molecular complexity index is 395. The normalized spacial score (nSPS) is 10.0. The average molecular weight is 182 g/mol. The van der Waals surface area contributed by atoms with E-state index in [1.165, 1.54) is 23.7 Å². The zero-order valence-corrected chi connectivity index (χ0v) is 7.48. The quantitative estimate of drug-likeness (QED) is 0.503. The topological polar surface area (TPSA) is 65.1 Å². The van der Waals surface area contributed by atoms with Crippen molar-refractivity contribution in [3.05, 3.63) is 38.3 Å². The molecule has 0 aliphatic heterocycles. The summed E-state index contributed by atoms with van der Waals surface area (Å²) in [6, 6.07) is 2.46. The fraction of sp³-hybridized carbons (Fsp3) is 0.375. The Hall–Kier alpha value is -1.65. The van der Waals surface area contributed by atoms with Crippen molar-refractivity contribution in [1.29, 1.82) is 0 Å². The number of nitro groups is 1. The van der Waals surface area contributed by atoms with Crippen LogP contribution in [0.2, 0.25) is 0 Å². The van der Waals surface area contributed by atoms with Crippen molar-refractivity contribution < 1.29 is 4.92 Å². The molecule has 0 saturated heterocycles. The number of pyridine rings is 1. The van der Waals surface area contributed by atoms with Crippen LogP contribution >= 0.6 is 0 Å². The zero-order chi connectivity index (χ0) is 10.0. The number of hydrogen-bond donors (Lipinski definition) is 0. The Morgan fingerprint density at radius 2 is 2.15 bits per heavy atom. The second kappa shape index (κ2) is 3.38. The summed E-state index contributed by atoms with van der Waals surface area (Å²) in [5.41, 5.74) is 0.240. The minimum atomic E-state index is -0.474. The number of aromatic nitrogens is 1. The highest BCUT2D eigenvalue weighted by atomic mass is 16.6. The van der Waals surface area contributed by atoms with E-state index in [4.69, 9.17) is 0 Å². The Kier molecular flexibility index (Phi) is 2.46. The van der Waals surface area contributed by atoms with Crippen LogP contribution in [0, 0.1) is 10.1 Å². The Labute approximate surface area is 74.8 Å². The van der Waals surface area contributed by atoms with Gasteiger partial charge in [0.1, 0.15) is 0 Å². The van der Waals surface area contributed by atoms with Crippen molar-refractivity contribution in [3.63, 3.8) is 0 Å². The van der Waals surface area contributed by atoms with E-state index in [-0.39, 0.29) is 11.2 Å². The predicted octanol–water partition coefficient (Wildman–Crippen LogP) is 0.856. The van der Waals surface area contributed by atoms with Crippen molar-refractivity contribution in [2.45, 2.75) is 13.3 Å². The van der Waals surface area contributed by atoms with E-state index in [9.17, 15) is 14.9 Å². The third-order valence-corrected chi connectivity index (χ3v) is 1.95. The largest absolute Gasteiger partial charge is 0.309 e. The van der Waals surface area contributed by atoms with Crippen LogP contribution < -0.4 is 5.56 Å². The van der Waals surface area contributed by atoms with Gasteiger partial charge in [-0.15, -0.1) is 0 Å². The summed E-state index contributed by atoms with van der Waals surface area (Å²) < 4.78 is 1.30. The third-order valence-electron chi connectivity index (χ3n) is 1.95. The first-order valence-electron chi connectivity index (χ1n) is 3.91. The number of nitrogens with zero attached hydrogens (tertiary/aromatic N) is 2. The van der Waals surface area contributed by atoms with Gasteiger partial charge in [0.15, 0.2) is 0 Å². The molecule has 0 unspecified atom stereocenters. The Balaban J connectivity index is 3.47. The standard InChI is InChI=1S/C8H10N2O3/c1-3-6-7(10(12)13)4-5-8(11)9(6)2/h4-5H,3H2,1-2H3. The molecule has 0 aliphatic carbocycles. The smallest absolute Gasteiger partial charge is 0.288 e. The third kappa shape index (κ3) is 1.58. The van der Waals surface area contributed by atoms with Gasteiger partial charge < -0.3 is 4.57 Å². The first-order valence-corrected chi connectivity index (χ1v) is 3.91. The van der Waals surface area contributed by atoms with Crippen LogP contribution in [0.25, 0.3) is 0 Å². The van der Waals surface area contributed by atoms with Crippen LogP contribution in [-0.2, 0) is 13.5 Å². The van der Waals surface area contributed by atoms with E-state index in [0.29, 0.717) is 12.1 Å². The van der Waals surface area contributed by atoms with Gasteiger partial charge in [0.2, 0.25) is 0 Å². The van der Waals surface area contributed by atoms with Gasteiger partial charge in [-0.2, -0.15) is 0 Å². The van der Waals surface area contributed by atoms with E-state index < -0.39 is 4.92 Å². The number of rotatable bonds is 2. The molecule has 0 bridgehead atoms. The SMILES string of the molecule is CCc1c([N+](=O)[O-])ccc(=O)n1C. The molecule has 1 aromatic heterocycles. The van der Waals surface area contributed by atoms with Gasteiger partial charge in [0, 0.05) is 19.2 Å². The molecule has 0 radical (unpaired) electrons. The molecular weight excluding hydrogens is 172 g/mol. The molecule has 0 saturated carbocycles. The molecule has 0 aromatic carbocycles. The molecular formula is C8H10N2O3. The molecule has 0 atom stereocenters. The first-order chi connectivity index (χ1) is 6.07. The van der Waals surface area contributed by atoms with E-state index in [0.717, 1.165) is 0 Å².